The Bertz CT molecular complexity index is 365. The van der Waals surface area contributed by atoms with Gasteiger partial charge in [-0.2, -0.15) is 0 Å². The van der Waals surface area contributed by atoms with Crippen molar-refractivity contribution in [3.63, 3.8) is 0 Å². The van der Waals surface area contributed by atoms with Gasteiger partial charge in [-0.1, -0.05) is 30.3 Å². The lowest BCUT2D eigenvalue weighted by molar-refractivity contribution is -0.229. The van der Waals surface area contributed by atoms with Crippen molar-refractivity contribution in [1.82, 2.24) is 0 Å². The smallest absolute Gasteiger partial charge is 0.195 e. The molecule has 86 valence electrons. The summed E-state index contributed by atoms with van der Waals surface area (Å²) in [6.07, 6.45) is 2.86. The molecule has 3 nitrogen and oxygen atoms in total. The highest BCUT2D eigenvalue weighted by Gasteiger charge is 2.57. The van der Waals surface area contributed by atoms with E-state index in [-0.39, 0.29) is 12.2 Å². The number of aliphatic hydroxyl groups is 1. The third-order valence-electron chi connectivity index (χ3n) is 3.38. The van der Waals surface area contributed by atoms with Gasteiger partial charge >= 0.3 is 0 Å². The Balaban J connectivity index is 1.62. The van der Waals surface area contributed by atoms with E-state index in [4.69, 9.17) is 9.47 Å². The van der Waals surface area contributed by atoms with Crippen molar-refractivity contribution in [2.45, 2.75) is 43.9 Å². The van der Waals surface area contributed by atoms with E-state index in [1.54, 1.807) is 0 Å². The molecule has 0 spiro atoms. The van der Waals surface area contributed by atoms with E-state index in [1.807, 2.05) is 30.3 Å². The molecule has 0 radical (unpaired) electrons. The maximum absolute atomic E-state index is 10.3. The van der Waals surface area contributed by atoms with Gasteiger partial charge in [0, 0.05) is 6.42 Å². The SMILES string of the molecule is O[C@@]1(OCc2ccccc2)CCC[C@@H]2O[C@H]21. The van der Waals surface area contributed by atoms with Gasteiger partial charge in [-0.05, 0) is 18.4 Å². The summed E-state index contributed by atoms with van der Waals surface area (Å²) in [5.41, 5.74) is 1.08. The molecule has 1 aliphatic heterocycles. The molecule has 3 atom stereocenters. The zero-order valence-corrected chi connectivity index (χ0v) is 9.13. The first-order valence-electron chi connectivity index (χ1n) is 5.84. The lowest BCUT2D eigenvalue weighted by Crippen LogP contribution is -2.41. The van der Waals surface area contributed by atoms with Crippen LogP contribution in [0.5, 0.6) is 0 Å². The van der Waals surface area contributed by atoms with Crippen LogP contribution in [0.3, 0.4) is 0 Å². The predicted molar refractivity (Wildman–Crippen MR) is 58.7 cm³/mol. The second kappa shape index (κ2) is 3.84. The number of ether oxygens (including phenoxy) is 2. The first-order valence-corrected chi connectivity index (χ1v) is 5.84. The largest absolute Gasteiger partial charge is 0.364 e. The quantitative estimate of drug-likeness (QED) is 0.624. The van der Waals surface area contributed by atoms with Gasteiger partial charge in [0.2, 0.25) is 0 Å². The van der Waals surface area contributed by atoms with Gasteiger partial charge in [0.25, 0.3) is 0 Å². The van der Waals surface area contributed by atoms with E-state index in [1.165, 1.54) is 0 Å². The molecule has 0 unspecified atom stereocenters. The van der Waals surface area contributed by atoms with Crippen LogP contribution in [0.15, 0.2) is 30.3 Å². The molecule has 0 bridgehead atoms. The molecule has 1 saturated heterocycles. The average molecular weight is 220 g/mol. The first kappa shape index (κ1) is 10.3. The van der Waals surface area contributed by atoms with Crippen LogP contribution in [0.25, 0.3) is 0 Å². The van der Waals surface area contributed by atoms with Gasteiger partial charge in [0.15, 0.2) is 5.79 Å². The summed E-state index contributed by atoms with van der Waals surface area (Å²) in [6.45, 7) is 0.448. The van der Waals surface area contributed by atoms with Crippen molar-refractivity contribution < 1.29 is 14.6 Å². The third-order valence-corrected chi connectivity index (χ3v) is 3.38. The number of hydrogen-bond donors (Lipinski definition) is 1. The molecule has 3 heteroatoms. The van der Waals surface area contributed by atoms with Crippen LogP contribution < -0.4 is 0 Å². The Hall–Kier alpha value is -0.900. The standard InChI is InChI=1S/C13H16O3/c14-13(8-4-7-11-12(13)16-11)15-9-10-5-2-1-3-6-10/h1-3,5-6,11-12,14H,4,7-9H2/t11-,12+,13+/m0/s1. The zero-order chi connectivity index (χ0) is 11.0. The summed E-state index contributed by atoms with van der Waals surface area (Å²) in [7, 11) is 0. The van der Waals surface area contributed by atoms with Crippen molar-refractivity contribution >= 4 is 0 Å². The Morgan fingerprint density at radius 1 is 1.38 bits per heavy atom. The molecular weight excluding hydrogens is 204 g/mol. The first-order chi connectivity index (χ1) is 7.78. The topological polar surface area (TPSA) is 42.0 Å². The minimum Gasteiger partial charge on any atom is -0.364 e. The minimum atomic E-state index is -1.06. The third kappa shape index (κ3) is 1.86. The molecule has 3 rings (SSSR count). The van der Waals surface area contributed by atoms with Crippen LogP contribution in [0.4, 0.5) is 0 Å². The fraction of sp³-hybridized carbons (Fsp3) is 0.538. The molecule has 2 fully saturated rings. The summed E-state index contributed by atoms with van der Waals surface area (Å²) in [5.74, 6) is -1.06. The molecule has 1 N–H and O–H groups in total. The van der Waals surface area contributed by atoms with Gasteiger partial charge < -0.3 is 14.6 Å². The molecule has 16 heavy (non-hydrogen) atoms. The van der Waals surface area contributed by atoms with Gasteiger partial charge in [-0.15, -0.1) is 0 Å². The monoisotopic (exact) mass is 220 g/mol. The van der Waals surface area contributed by atoms with Crippen molar-refractivity contribution in [2.75, 3.05) is 0 Å². The van der Waals surface area contributed by atoms with E-state index in [2.05, 4.69) is 0 Å². The maximum Gasteiger partial charge on any atom is 0.195 e. The van der Waals surface area contributed by atoms with Crippen molar-refractivity contribution in [3.8, 4) is 0 Å². The van der Waals surface area contributed by atoms with Gasteiger partial charge in [0.05, 0.1) is 12.7 Å². The summed E-state index contributed by atoms with van der Waals surface area (Å²) in [4.78, 5) is 0. The highest BCUT2D eigenvalue weighted by Crippen LogP contribution is 2.44. The molecule has 0 aromatic heterocycles. The van der Waals surface area contributed by atoms with E-state index in [9.17, 15) is 5.11 Å². The number of benzene rings is 1. The number of rotatable bonds is 3. The summed E-state index contributed by atoms with van der Waals surface area (Å²) in [5, 5.41) is 10.3. The van der Waals surface area contributed by atoms with E-state index in [0.717, 1.165) is 18.4 Å². The maximum atomic E-state index is 10.3. The summed E-state index contributed by atoms with van der Waals surface area (Å²) >= 11 is 0. The van der Waals surface area contributed by atoms with E-state index >= 15 is 0 Å². The number of fused-ring (bicyclic) bond motifs is 1. The molecule has 1 aromatic rings. The molecule has 0 amide bonds. The molecule has 1 aromatic carbocycles. The van der Waals surface area contributed by atoms with Crippen molar-refractivity contribution in [2.24, 2.45) is 0 Å². The lowest BCUT2D eigenvalue weighted by atomic mass is 9.94. The van der Waals surface area contributed by atoms with Gasteiger partial charge in [0.1, 0.15) is 6.10 Å². The molecule has 1 saturated carbocycles. The lowest BCUT2D eigenvalue weighted by Gasteiger charge is -2.29. The number of epoxide rings is 1. The molecule has 2 aliphatic rings. The van der Waals surface area contributed by atoms with Crippen LogP contribution >= 0.6 is 0 Å². The van der Waals surface area contributed by atoms with Crippen molar-refractivity contribution in [1.29, 1.82) is 0 Å². The molecule has 1 aliphatic carbocycles. The van der Waals surface area contributed by atoms with Crippen LogP contribution in [-0.2, 0) is 16.1 Å². The Kier molecular flexibility index (Phi) is 2.46. The predicted octanol–water partition coefficient (Wildman–Crippen LogP) is 1.84. The zero-order valence-electron chi connectivity index (χ0n) is 9.13. The van der Waals surface area contributed by atoms with Crippen LogP contribution in [0.1, 0.15) is 24.8 Å². The van der Waals surface area contributed by atoms with E-state index in [0.29, 0.717) is 13.0 Å². The summed E-state index contributed by atoms with van der Waals surface area (Å²) < 4.78 is 11.0. The van der Waals surface area contributed by atoms with Gasteiger partial charge in [-0.3, -0.25) is 0 Å². The van der Waals surface area contributed by atoms with Crippen LogP contribution in [0.2, 0.25) is 0 Å². The second-order valence-corrected chi connectivity index (χ2v) is 4.61. The normalized spacial score (nSPS) is 36.8. The molecule has 1 heterocycles. The highest BCUT2D eigenvalue weighted by atomic mass is 16.7. The minimum absolute atomic E-state index is 0.0926. The van der Waals surface area contributed by atoms with Gasteiger partial charge in [-0.25, -0.2) is 0 Å². The van der Waals surface area contributed by atoms with Crippen molar-refractivity contribution in [3.05, 3.63) is 35.9 Å². The Morgan fingerprint density at radius 2 is 2.19 bits per heavy atom. The Labute approximate surface area is 95.0 Å². The summed E-state index contributed by atoms with van der Waals surface area (Å²) in [6, 6.07) is 9.91. The second-order valence-electron chi connectivity index (χ2n) is 4.61. The van der Waals surface area contributed by atoms with E-state index < -0.39 is 5.79 Å². The fourth-order valence-corrected chi connectivity index (χ4v) is 2.39. The molecular formula is C13H16O3. The van der Waals surface area contributed by atoms with Crippen LogP contribution in [0, 0.1) is 0 Å². The highest BCUT2D eigenvalue weighted by molar-refractivity contribution is 5.13. The number of hydrogen-bond acceptors (Lipinski definition) is 3. The fourth-order valence-electron chi connectivity index (χ4n) is 2.39. The average Bonchev–Trinajstić information content (AvgIpc) is 3.09. The van der Waals surface area contributed by atoms with Crippen LogP contribution in [-0.4, -0.2) is 23.1 Å². The Morgan fingerprint density at radius 3 is 3.00 bits per heavy atom.